The van der Waals surface area contributed by atoms with Crippen molar-refractivity contribution >= 4 is 32.6 Å². The van der Waals surface area contributed by atoms with Gasteiger partial charge in [0.25, 0.3) is 5.12 Å². The van der Waals surface area contributed by atoms with E-state index in [0.717, 1.165) is 57.1 Å². The molecule has 0 spiro atoms. The third-order valence-corrected chi connectivity index (χ3v) is 8.65. The van der Waals surface area contributed by atoms with Gasteiger partial charge < -0.3 is 4.90 Å². The van der Waals surface area contributed by atoms with Crippen LogP contribution in [0.1, 0.15) is 32.1 Å². The van der Waals surface area contributed by atoms with Crippen molar-refractivity contribution in [2.24, 2.45) is 0 Å². The van der Waals surface area contributed by atoms with Crippen molar-refractivity contribution in [2.75, 3.05) is 56.5 Å². The number of hydrogen-bond acceptors (Lipinski definition) is 8. The molecular formula is C17H28N4O4S2. The highest BCUT2D eigenvalue weighted by atomic mass is 32.2. The zero-order valence-corrected chi connectivity index (χ0v) is 17.3. The van der Waals surface area contributed by atoms with E-state index >= 15 is 0 Å². The summed E-state index contributed by atoms with van der Waals surface area (Å²) in [6.45, 7) is 4.12. The predicted octanol–water partition coefficient (Wildman–Crippen LogP) is -0.0307. The highest BCUT2D eigenvalue weighted by Gasteiger charge is 2.56. The molecular weight excluding hydrogens is 388 g/mol. The number of rotatable bonds is 3. The quantitative estimate of drug-likeness (QED) is 0.594. The first-order valence-electron chi connectivity index (χ1n) is 9.91. The third kappa shape index (κ3) is 3.55. The van der Waals surface area contributed by atoms with E-state index in [1.165, 1.54) is 6.42 Å². The Morgan fingerprint density at radius 3 is 2.26 bits per heavy atom. The Morgan fingerprint density at radius 1 is 0.852 bits per heavy atom. The maximum atomic E-state index is 12.9. The maximum Gasteiger partial charge on any atom is 0.303 e. The smallest absolute Gasteiger partial charge is 0.302 e. The Labute approximate surface area is 165 Å². The zero-order chi connectivity index (χ0) is 19.1. The first-order chi connectivity index (χ1) is 12.9. The van der Waals surface area contributed by atoms with Gasteiger partial charge in [0.1, 0.15) is 0 Å². The molecule has 0 N–H and O–H groups in total. The van der Waals surface area contributed by atoms with E-state index in [4.69, 9.17) is 0 Å². The average Bonchev–Trinajstić information content (AvgIpc) is 3.10. The third-order valence-electron chi connectivity index (χ3n) is 6.22. The fourth-order valence-corrected chi connectivity index (χ4v) is 6.84. The van der Waals surface area contributed by atoms with Crippen molar-refractivity contribution in [1.82, 2.24) is 19.8 Å². The van der Waals surface area contributed by atoms with Gasteiger partial charge in [-0.25, -0.2) is 18.4 Å². The molecule has 4 aliphatic rings. The molecule has 152 valence electrons. The second-order valence-electron chi connectivity index (χ2n) is 7.75. The number of hydrogen-bond donors (Lipinski definition) is 0. The zero-order valence-electron chi connectivity index (χ0n) is 15.6. The molecule has 0 aromatic carbocycles. The Balaban J connectivity index is 1.70. The SMILES string of the molecule is O=C1SCCN(C2(N3CCS(=O)(=O)CC3)CCCN2N2CCCCC2)C1=O. The molecule has 4 fully saturated rings. The van der Waals surface area contributed by atoms with Gasteiger partial charge in [-0.1, -0.05) is 18.2 Å². The first kappa shape index (κ1) is 19.6. The summed E-state index contributed by atoms with van der Waals surface area (Å²) in [7, 11) is -3.02. The van der Waals surface area contributed by atoms with Crippen molar-refractivity contribution in [3.8, 4) is 0 Å². The minimum Gasteiger partial charge on any atom is -0.302 e. The highest BCUT2D eigenvalue weighted by molar-refractivity contribution is 8.15. The van der Waals surface area contributed by atoms with Crippen LogP contribution in [0, 0.1) is 0 Å². The molecule has 8 nitrogen and oxygen atoms in total. The van der Waals surface area contributed by atoms with Crippen molar-refractivity contribution in [2.45, 2.75) is 37.9 Å². The summed E-state index contributed by atoms with van der Waals surface area (Å²) in [4.78, 5) is 29.0. The number of piperidine rings is 1. The van der Waals surface area contributed by atoms with E-state index in [-0.39, 0.29) is 11.5 Å². The second kappa shape index (κ2) is 7.62. The van der Waals surface area contributed by atoms with Crippen LogP contribution < -0.4 is 0 Å². The molecule has 0 saturated carbocycles. The fourth-order valence-electron chi connectivity index (χ4n) is 4.94. The molecule has 10 heteroatoms. The standard InChI is InChI=1S/C17H28N4O4S2/c22-15-16(23)26-12-9-20(15)17(18-10-13-27(24,25)14-11-18)5-4-8-21(17)19-6-2-1-3-7-19/h1-14H2. The molecule has 4 rings (SSSR count). The summed E-state index contributed by atoms with van der Waals surface area (Å²) in [5.74, 6) is -0.280. The number of thioether (sulfide) groups is 1. The van der Waals surface area contributed by atoms with Crippen LogP contribution in [0.3, 0.4) is 0 Å². The molecule has 1 atom stereocenters. The number of amides is 1. The largest absolute Gasteiger partial charge is 0.303 e. The Bertz CT molecular complexity index is 696. The molecule has 0 radical (unpaired) electrons. The van der Waals surface area contributed by atoms with Crippen molar-refractivity contribution < 1.29 is 18.0 Å². The van der Waals surface area contributed by atoms with Gasteiger partial charge >= 0.3 is 5.91 Å². The van der Waals surface area contributed by atoms with Gasteiger partial charge in [-0.2, -0.15) is 0 Å². The lowest BCUT2D eigenvalue weighted by Crippen LogP contribution is -2.75. The highest BCUT2D eigenvalue weighted by Crippen LogP contribution is 2.40. The number of carbonyl (C=O) groups is 2. The first-order valence-corrected chi connectivity index (χ1v) is 12.7. The Kier molecular flexibility index (Phi) is 5.54. The van der Waals surface area contributed by atoms with E-state index in [2.05, 4.69) is 14.9 Å². The van der Waals surface area contributed by atoms with E-state index < -0.39 is 26.6 Å². The maximum absolute atomic E-state index is 12.9. The second-order valence-corrected chi connectivity index (χ2v) is 11.1. The van der Waals surface area contributed by atoms with E-state index in [0.29, 0.717) is 25.4 Å². The summed E-state index contributed by atoms with van der Waals surface area (Å²) in [6, 6.07) is 0. The molecule has 1 amide bonds. The summed E-state index contributed by atoms with van der Waals surface area (Å²) in [5, 5.41) is 4.25. The number of hydrazine groups is 1. The molecule has 0 aromatic heterocycles. The molecule has 0 bridgehead atoms. The molecule has 1 unspecified atom stereocenters. The lowest BCUT2D eigenvalue weighted by Gasteiger charge is -2.57. The van der Waals surface area contributed by atoms with Crippen molar-refractivity contribution in [3.63, 3.8) is 0 Å². The van der Waals surface area contributed by atoms with Crippen molar-refractivity contribution in [3.05, 3.63) is 0 Å². The summed E-state index contributed by atoms with van der Waals surface area (Å²) < 4.78 is 24.0. The lowest BCUT2D eigenvalue weighted by atomic mass is 10.1. The number of nitrogens with zero attached hydrogens (tertiary/aromatic N) is 4. The van der Waals surface area contributed by atoms with Gasteiger partial charge in [-0.3, -0.25) is 14.5 Å². The van der Waals surface area contributed by atoms with Gasteiger partial charge in [0.2, 0.25) is 0 Å². The average molecular weight is 417 g/mol. The van der Waals surface area contributed by atoms with Crippen LogP contribution in [0.4, 0.5) is 0 Å². The minimum absolute atomic E-state index is 0.118. The van der Waals surface area contributed by atoms with E-state index in [1.807, 2.05) is 0 Å². The molecule has 0 aliphatic carbocycles. The summed E-state index contributed by atoms with van der Waals surface area (Å²) >= 11 is 1.09. The minimum atomic E-state index is -3.02. The van der Waals surface area contributed by atoms with Gasteiger partial charge in [-0.05, 0) is 19.3 Å². The molecule has 27 heavy (non-hydrogen) atoms. The molecule has 4 aliphatic heterocycles. The summed E-state index contributed by atoms with van der Waals surface area (Å²) in [5.41, 5.74) is 0. The Morgan fingerprint density at radius 2 is 1.56 bits per heavy atom. The van der Waals surface area contributed by atoms with Gasteiger partial charge in [0, 0.05) is 51.4 Å². The van der Waals surface area contributed by atoms with Crippen LogP contribution in [0.5, 0.6) is 0 Å². The monoisotopic (exact) mass is 416 g/mol. The molecule has 4 heterocycles. The fraction of sp³-hybridized carbons (Fsp3) is 0.882. The normalized spacial score (nSPS) is 34.3. The van der Waals surface area contributed by atoms with Gasteiger partial charge in [-0.15, -0.1) is 0 Å². The van der Waals surface area contributed by atoms with Crippen LogP contribution >= 0.6 is 11.8 Å². The number of sulfone groups is 1. The van der Waals surface area contributed by atoms with Gasteiger partial charge in [0.05, 0.1) is 11.5 Å². The number of carbonyl (C=O) groups excluding carboxylic acids is 2. The van der Waals surface area contributed by atoms with Crippen LogP contribution in [0.2, 0.25) is 0 Å². The van der Waals surface area contributed by atoms with Crippen molar-refractivity contribution in [1.29, 1.82) is 0 Å². The van der Waals surface area contributed by atoms with Crippen LogP contribution in [-0.4, -0.2) is 102 Å². The van der Waals surface area contributed by atoms with Crippen LogP contribution in [-0.2, 0) is 19.4 Å². The van der Waals surface area contributed by atoms with Gasteiger partial charge in [0.15, 0.2) is 15.6 Å². The Hall–Kier alpha value is -0.680. The van der Waals surface area contributed by atoms with Crippen LogP contribution in [0.15, 0.2) is 0 Å². The molecule has 4 saturated heterocycles. The van der Waals surface area contributed by atoms with Crippen LogP contribution in [0.25, 0.3) is 0 Å². The summed E-state index contributed by atoms with van der Waals surface area (Å²) in [6.07, 6.45) is 5.17. The lowest BCUT2D eigenvalue weighted by molar-refractivity contribution is -0.227. The predicted molar refractivity (Wildman–Crippen MR) is 103 cm³/mol. The topological polar surface area (TPSA) is 81.2 Å². The van der Waals surface area contributed by atoms with E-state index in [1.54, 1.807) is 4.90 Å². The molecule has 0 aromatic rings. The van der Waals surface area contributed by atoms with E-state index in [9.17, 15) is 18.0 Å².